The van der Waals surface area contributed by atoms with Crippen LogP contribution < -0.4 is 5.32 Å². The van der Waals surface area contributed by atoms with Crippen molar-refractivity contribution in [1.29, 1.82) is 0 Å². The average Bonchev–Trinajstić information content (AvgIpc) is 2.92. The van der Waals surface area contributed by atoms with E-state index in [0.717, 1.165) is 27.3 Å². The maximum absolute atomic E-state index is 14.3. The number of anilines is 1. The topological polar surface area (TPSA) is 55.4 Å². The Hall–Kier alpha value is -3.83. The van der Waals surface area contributed by atoms with Crippen molar-refractivity contribution in [3.05, 3.63) is 132 Å². The summed E-state index contributed by atoms with van der Waals surface area (Å²) in [6.07, 6.45) is 1.18. The lowest BCUT2D eigenvalue weighted by atomic mass is 9.75. The first kappa shape index (κ1) is 25.3. The van der Waals surface area contributed by atoms with E-state index in [2.05, 4.69) is 5.32 Å². The molecule has 4 nitrogen and oxygen atoms in total. The molecule has 0 radical (unpaired) electrons. The predicted octanol–water partition coefficient (Wildman–Crippen LogP) is 7.10. The van der Waals surface area contributed by atoms with E-state index in [-0.39, 0.29) is 11.8 Å². The van der Waals surface area contributed by atoms with Crippen LogP contribution >= 0.6 is 11.8 Å². The zero-order chi connectivity index (χ0) is 25.3. The molecule has 2 atom stereocenters. The van der Waals surface area contributed by atoms with Gasteiger partial charge in [0.1, 0.15) is 6.10 Å². The fourth-order valence-electron chi connectivity index (χ4n) is 4.53. The molecule has 0 spiro atoms. The van der Waals surface area contributed by atoms with Gasteiger partial charge >= 0.3 is 5.97 Å². The number of amides is 1. The molecular formula is C31H29NO3S. The molecule has 0 saturated carbocycles. The Kier molecular flexibility index (Phi) is 8.58. The van der Waals surface area contributed by atoms with Crippen LogP contribution in [-0.4, -0.2) is 18.1 Å². The van der Waals surface area contributed by atoms with Gasteiger partial charge in [-0.05, 0) is 35.1 Å². The van der Waals surface area contributed by atoms with Crippen molar-refractivity contribution in [1.82, 2.24) is 0 Å². The standard InChI is InChI=1S/C31H29NO3S/c1-22(33)35-30(25-18-10-5-11-19-25)29(31(34)32-26-20-12-13-21-27(26)36-2)28(23-14-6-3-7-15-23)24-16-8-4-9-17-24/h3-21,28-30H,1-2H3,(H,32,34)/t29-,30+/m0/s1. The second-order valence-electron chi connectivity index (χ2n) is 8.46. The minimum Gasteiger partial charge on any atom is -0.457 e. The molecule has 0 saturated heterocycles. The smallest absolute Gasteiger partial charge is 0.303 e. The van der Waals surface area contributed by atoms with Gasteiger partial charge in [0.05, 0.1) is 11.6 Å². The second kappa shape index (κ2) is 12.2. The van der Waals surface area contributed by atoms with Crippen molar-refractivity contribution in [2.75, 3.05) is 11.6 Å². The zero-order valence-corrected chi connectivity index (χ0v) is 21.2. The van der Waals surface area contributed by atoms with Gasteiger partial charge in [0.2, 0.25) is 5.91 Å². The summed E-state index contributed by atoms with van der Waals surface area (Å²) >= 11 is 1.57. The van der Waals surface area contributed by atoms with Crippen molar-refractivity contribution in [2.24, 2.45) is 5.92 Å². The van der Waals surface area contributed by atoms with E-state index in [1.54, 1.807) is 11.8 Å². The quantitative estimate of drug-likeness (QED) is 0.199. The molecular weight excluding hydrogens is 466 g/mol. The second-order valence-corrected chi connectivity index (χ2v) is 9.30. The SMILES string of the molecule is CSc1ccccc1NC(=O)[C@@H](C(c1ccccc1)c1ccccc1)[C@H](OC(C)=O)c1ccccc1. The van der Waals surface area contributed by atoms with Crippen LogP contribution in [0, 0.1) is 5.92 Å². The highest BCUT2D eigenvalue weighted by atomic mass is 32.2. The number of benzene rings is 4. The summed E-state index contributed by atoms with van der Waals surface area (Å²) in [5, 5.41) is 3.15. The van der Waals surface area contributed by atoms with E-state index >= 15 is 0 Å². The molecule has 36 heavy (non-hydrogen) atoms. The molecule has 1 amide bonds. The third-order valence-electron chi connectivity index (χ3n) is 6.09. The minimum absolute atomic E-state index is 0.218. The summed E-state index contributed by atoms with van der Waals surface area (Å²) in [5.74, 6) is -1.76. The summed E-state index contributed by atoms with van der Waals surface area (Å²) in [6.45, 7) is 1.38. The fraction of sp³-hybridized carbons (Fsp3) is 0.161. The van der Waals surface area contributed by atoms with Gasteiger partial charge in [-0.1, -0.05) is 103 Å². The third-order valence-corrected chi connectivity index (χ3v) is 6.89. The van der Waals surface area contributed by atoms with Crippen LogP contribution in [0.5, 0.6) is 0 Å². The normalized spacial score (nSPS) is 12.5. The van der Waals surface area contributed by atoms with E-state index in [1.807, 2.05) is 122 Å². The lowest BCUT2D eigenvalue weighted by Crippen LogP contribution is -2.36. The summed E-state index contributed by atoms with van der Waals surface area (Å²) in [4.78, 5) is 27.6. The molecule has 0 aliphatic rings. The largest absolute Gasteiger partial charge is 0.457 e. The van der Waals surface area contributed by atoms with Crippen molar-refractivity contribution in [3.8, 4) is 0 Å². The summed E-state index contributed by atoms with van der Waals surface area (Å²) in [5.41, 5.74) is 3.43. The molecule has 0 aliphatic heterocycles. The van der Waals surface area contributed by atoms with Crippen molar-refractivity contribution in [2.45, 2.75) is 23.8 Å². The lowest BCUT2D eigenvalue weighted by Gasteiger charge is -2.33. The van der Waals surface area contributed by atoms with E-state index in [9.17, 15) is 9.59 Å². The molecule has 0 aromatic heterocycles. The minimum atomic E-state index is -0.796. The number of para-hydroxylation sites is 1. The molecule has 1 N–H and O–H groups in total. The molecule has 0 aliphatic carbocycles. The van der Waals surface area contributed by atoms with Crippen molar-refractivity contribution < 1.29 is 14.3 Å². The van der Waals surface area contributed by atoms with E-state index in [1.165, 1.54) is 6.92 Å². The summed E-state index contributed by atoms with van der Waals surface area (Å²) in [6, 6.07) is 37.0. The number of nitrogens with one attached hydrogen (secondary N) is 1. The molecule has 4 aromatic rings. The first-order valence-corrected chi connectivity index (χ1v) is 13.1. The van der Waals surface area contributed by atoms with Crippen LogP contribution in [0.2, 0.25) is 0 Å². The number of hydrogen-bond donors (Lipinski definition) is 1. The maximum Gasteiger partial charge on any atom is 0.303 e. The Morgan fingerprint density at radius 1 is 0.694 bits per heavy atom. The van der Waals surface area contributed by atoms with Crippen molar-refractivity contribution >= 4 is 29.3 Å². The van der Waals surface area contributed by atoms with Crippen LogP contribution in [0.3, 0.4) is 0 Å². The third kappa shape index (κ3) is 6.04. The molecule has 0 unspecified atom stereocenters. The van der Waals surface area contributed by atoms with Gasteiger partial charge in [-0.2, -0.15) is 0 Å². The van der Waals surface area contributed by atoms with Crippen LogP contribution in [0.15, 0.2) is 120 Å². The Labute approximate surface area is 216 Å². The highest BCUT2D eigenvalue weighted by Crippen LogP contribution is 2.42. The van der Waals surface area contributed by atoms with E-state index in [4.69, 9.17) is 4.74 Å². The van der Waals surface area contributed by atoms with E-state index < -0.39 is 18.0 Å². The molecule has 4 aromatic carbocycles. The molecule has 5 heteroatoms. The lowest BCUT2D eigenvalue weighted by molar-refractivity contribution is -0.151. The van der Waals surface area contributed by atoms with Gasteiger partial charge in [0.15, 0.2) is 0 Å². The van der Waals surface area contributed by atoms with Gasteiger partial charge < -0.3 is 10.1 Å². The Bertz CT molecular complexity index is 1240. The number of carbonyl (C=O) groups is 2. The Balaban J connectivity index is 1.89. The van der Waals surface area contributed by atoms with E-state index in [0.29, 0.717) is 0 Å². The molecule has 4 rings (SSSR count). The van der Waals surface area contributed by atoms with Gasteiger partial charge in [0, 0.05) is 17.7 Å². The number of thioether (sulfide) groups is 1. The van der Waals surface area contributed by atoms with Gasteiger partial charge in [-0.25, -0.2) is 0 Å². The maximum atomic E-state index is 14.3. The first-order chi connectivity index (χ1) is 17.6. The van der Waals surface area contributed by atoms with Gasteiger partial charge in [0.25, 0.3) is 0 Å². The predicted molar refractivity (Wildman–Crippen MR) is 146 cm³/mol. The number of hydrogen-bond acceptors (Lipinski definition) is 4. The van der Waals surface area contributed by atoms with Crippen LogP contribution in [0.25, 0.3) is 0 Å². The fourth-order valence-corrected chi connectivity index (χ4v) is 5.08. The molecule has 0 bridgehead atoms. The molecule has 0 fully saturated rings. The van der Waals surface area contributed by atoms with Crippen LogP contribution in [0.1, 0.15) is 35.6 Å². The Morgan fingerprint density at radius 2 is 1.17 bits per heavy atom. The van der Waals surface area contributed by atoms with Gasteiger partial charge in [-0.15, -0.1) is 11.8 Å². The zero-order valence-electron chi connectivity index (χ0n) is 20.3. The van der Waals surface area contributed by atoms with Crippen LogP contribution in [0.4, 0.5) is 5.69 Å². The number of esters is 1. The van der Waals surface area contributed by atoms with Crippen molar-refractivity contribution in [3.63, 3.8) is 0 Å². The molecule has 182 valence electrons. The number of rotatable bonds is 9. The van der Waals surface area contributed by atoms with Gasteiger partial charge in [-0.3, -0.25) is 9.59 Å². The highest BCUT2D eigenvalue weighted by Gasteiger charge is 2.40. The Morgan fingerprint density at radius 3 is 1.67 bits per heavy atom. The monoisotopic (exact) mass is 495 g/mol. The number of carbonyl (C=O) groups excluding carboxylic acids is 2. The first-order valence-electron chi connectivity index (χ1n) is 11.8. The highest BCUT2D eigenvalue weighted by molar-refractivity contribution is 7.98. The summed E-state index contributed by atoms with van der Waals surface area (Å²) < 4.78 is 5.93. The summed E-state index contributed by atoms with van der Waals surface area (Å²) in [7, 11) is 0. The number of ether oxygens (including phenoxy) is 1. The average molecular weight is 496 g/mol. The molecule has 0 heterocycles. The van der Waals surface area contributed by atoms with Crippen LogP contribution in [-0.2, 0) is 14.3 Å².